The van der Waals surface area contributed by atoms with Crippen molar-refractivity contribution in [2.24, 2.45) is 5.73 Å². The first-order valence-corrected chi connectivity index (χ1v) is 7.34. The van der Waals surface area contributed by atoms with Crippen LogP contribution in [0.2, 0.25) is 0 Å². The quantitative estimate of drug-likeness (QED) is 0.804. The van der Waals surface area contributed by atoms with Gasteiger partial charge in [0.1, 0.15) is 0 Å². The molecule has 0 unspecified atom stereocenters. The Morgan fingerprint density at radius 1 is 1.23 bits per heavy atom. The third-order valence-electron chi connectivity index (χ3n) is 3.99. The van der Waals surface area contributed by atoms with Crippen LogP contribution < -0.4 is 5.73 Å². The Morgan fingerprint density at radius 3 is 2.64 bits per heavy atom. The number of hydrogen-bond donors (Lipinski definition) is 1. The maximum Gasteiger partial charge on any atom is 0.235 e. The minimum atomic E-state index is 0.443. The number of hydrogen-bond acceptors (Lipinski definition) is 3. The fraction of sp³-hybridized carbons (Fsp3) is 0.222. The Morgan fingerprint density at radius 2 is 2.00 bits per heavy atom. The van der Waals surface area contributed by atoms with E-state index >= 15 is 0 Å². The lowest BCUT2D eigenvalue weighted by Gasteiger charge is -2.15. The molecule has 0 bridgehead atoms. The molecule has 0 saturated carbocycles. The lowest BCUT2D eigenvalue weighted by atomic mass is 9.98. The molecule has 1 aromatic carbocycles. The van der Waals surface area contributed by atoms with Crippen molar-refractivity contribution in [1.82, 2.24) is 14.4 Å². The summed E-state index contributed by atoms with van der Waals surface area (Å²) in [7, 11) is 0. The average molecular weight is 292 g/mol. The number of rotatable bonds is 3. The standard InChI is InChI=1S/C18H20N4/c1-5-14-10-22-17(15-7-6-11(2)8-12(15)3)16(9-19)13(4)20-18(22)21-14/h5-8,10H,1,9,19H2,2-4H3. The minimum absolute atomic E-state index is 0.443. The van der Waals surface area contributed by atoms with E-state index in [9.17, 15) is 0 Å². The molecule has 2 aromatic heterocycles. The Bertz CT molecular complexity index is 874. The van der Waals surface area contributed by atoms with Gasteiger partial charge in [0.15, 0.2) is 0 Å². The van der Waals surface area contributed by atoms with Crippen LogP contribution in [0.1, 0.15) is 28.1 Å². The van der Waals surface area contributed by atoms with Crippen molar-refractivity contribution >= 4 is 11.9 Å². The average Bonchev–Trinajstić information content (AvgIpc) is 2.89. The van der Waals surface area contributed by atoms with Crippen molar-refractivity contribution in [3.63, 3.8) is 0 Å². The summed E-state index contributed by atoms with van der Waals surface area (Å²) in [5.74, 6) is 0.680. The number of imidazole rings is 1. The van der Waals surface area contributed by atoms with Gasteiger partial charge in [-0.3, -0.25) is 4.40 Å². The van der Waals surface area contributed by atoms with Gasteiger partial charge in [0.2, 0.25) is 5.78 Å². The molecule has 22 heavy (non-hydrogen) atoms. The van der Waals surface area contributed by atoms with Gasteiger partial charge in [-0.15, -0.1) is 0 Å². The molecule has 3 aromatic rings. The second kappa shape index (κ2) is 5.39. The van der Waals surface area contributed by atoms with Gasteiger partial charge in [-0.05, 0) is 32.4 Å². The summed E-state index contributed by atoms with van der Waals surface area (Å²) in [6.07, 6.45) is 3.69. The van der Waals surface area contributed by atoms with Crippen LogP contribution in [0.3, 0.4) is 0 Å². The van der Waals surface area contributed by atoms with E-state index in [2.05, 4.69) is 48.6 Å². The van der Waals surface area contributed by atoms with Crippen LogP contribution in [-0.2, 0) is 6.54 Å². The van der Waals surface area contributed by atoms with Crippen LogP contribution in [0.15, 0.2) is 31.0 Å². The van der Waals surface area contributed by atoms with E-state index in [0.29, 0.717) is 12.3 Å². The zero-order valence-corrected chi connectivity index (χ0v) is 13.2. The summed E-state index contributed by atoms with van der Waals surface area (Å²) in [6.45, 7) is 10.4. The normalized spacial score (nSPS) is 11.1. The van der Waals surface area contributed by atoms with E-state index in [1.807, 2.05) is 17.5 Å². The van der Waals surface area contributed by atoms with Crippen LogP contribution in [0.5, 0.6) is 0 Å². The second-order valence-corrected chi connectivity index (χ2v) is 5.59. The molecule has 0 aliphatic carbocycles. The van der Waals surface area contributed by atoms with E-state index in [-0.39, 0.29) is 0 Å². The van der Waals surface area contributed by atoms with Gasteiger partial charge in [-0.25, -0.2) is 9.97 Å². The summed E-state index contributed by atoms with van der Waals surface area (Å²) < 4.78 is 2.02. The van der Waals surface area contributed by atoms with Gasteiger partial charge in [-0.1, -0.05) is 30.3 Å². The Hall–Kier alpha value is -2.46. The van der Waals surface area contributed by atoms with E-state index in [0.717, 1.165) is 28.2 Å². The molecule has 3 rings (SSSR count). The largest absolute Gasteiger partial charge is 0.326 e. The van der Waals surface area contributed by atoms with Crippen LogP contribution in [-0.4, -0.2) is 14.4 Å². The van der Waals surface area contributed by atoms with Gasteiger partial charge in [0.25, 0.3) is 0 Å². The van der Waals surface area contributed by atoms with Crippen molar-refractivity contribution in [2.45, 2.75) is 27.3 Å². The van der Waals surface area contributed by atoms with E-state index in [1.165, 1.54) is 11.1 Å². The first-order valence-electron chi connectivity index (χ1n) is 7.34. The smallest absolute Gasteiger partial charge is 0.235 e. The van der Waals surface area contributed by atoms with Gasteiger partial charge < -0.3 is 5.73 Å². The van der Waals surface area contributed by atoms with E-state index < -0.39 is 0 Å². The predicted octanol–water partition coefficient (Wildman–Crippen LogP) is 3.42. The molecule has 2 N–H and O–H groups in total. The van der Waals surface area contributed by atoms with Gasteiger partial charge in [0.05, 0.1) is 11.4 Å². The number of nitrogens with zero attached hydrogens (tertiary/aromatic N) is 3. The molecule has 0 atom stereocenters. The number of benzene rings is 1. The van der Waals surface area contributed by atoms with Crippen molar-refractivity contribution < 1.29 is 0 Å². The third-order valence-corrected chi connectivity index (χ3v) is 3.99. The first-order chi connectivity index (χ1) is 10.5. The Kier molecular flexibility index (Phi) is 3.54. The third kappa shape index (κ3) is 2.22. The zero-order chi connectivity index (χ0) is 15.9. The molecule has 112 valence electrons. The van der Waals surface area contributed by atoms with Crippen molar-refractivity contribution in [2.75, 3.05) is 0 Å². The molecule has 0 aliphatic rings. The molecule has 0 fully saturated rings. The molecule has 0 amide bonds. The summed E-state index contributed by atoms with van der Waals surface area (Å²) in [6, 6.07) is 6.45. The fourth-order valence-corrected chi connectivity index (χ4v) is 2.88. The topological polar surface area (TPSA) is 56.2 Å². The van der Waals surface area contributed by atoms with Crippen molar-refractivity contribution in [3.8, 4) is 11.3 Å². The maximum atomic E-state index is 6.01. The highest BCUT2D eigenvalue weighted by molar-refractivity contribution is 5.71. The maximum absolute atomic E-state index is 6.01. The molecule has 0 radical (unpaired) electrons. The molecule has 4 heteroatoms. The Labute approximate surface area is 130 Å². The number of nitrogens with two attached hydrogens (primary N) is 1. The van der Waals surface area contributed by atoms with E-state index in [1.54, 1.807) is 6.08 Å². The summed E-state index contributed by atoms with van der Waals surface area (Å²) >= 11 is 0. The number of fused-ring (bicyclic) bond motifs is 1. The predicted molar refractivity (Wildman–Crippen MR) is 90.6 cm³/mol. The highest BCUT2D eigenvalue weighted by Crippen LogP contribution is 2.30. The lowest BCUT2D eigenvalue weighted by molar-refractivity contribution is 0.962. The van der Waals surface area contributed by atoms with Gasteiger partial charge >= 0.3 is 0 Å². The molecule has 4 nitrogen and oxygen atoms in total. The van der Waals surface area contributed by atoms with Crippen LogP contribution >= 0.6 is 0 Å². The minimum Gasteiger partial charge on any atom is -0.326 e. The fourth-order valence-electron chi connectivity index (χ4n) is 2.88. The highest BCUT2D eigenvalue weighted by atomic mass is 15.1. The molecule has 2 heterocycles. The van der Waals surface area contributed by atoms with Crippen LogP contribution in [0.4, 0.5) is 0 Å². The second-order valence-electron chi connectivity index (χ2n) is 5.59. The monoisotopic (exact) mass is 292 g/mol. The zero-order valence-electron chi connectivity index (χ0n) is 13.2. The molecule has 0 saturated heterocycles. The molecular weight excluding hydrogens is 272 g/mol. The van der Waals surface area contributed by atoms with Gasteiger partial charge in [-0.2, -0.15) is 0 Å². The van der Waals surface area contributed by atoms with Crippen molar-refractivity contribution in [1.29, 1.82) is 0 Å². The SMILES string of the molecule is C=Cc1cn2c(-c3ccc(C)cc3C)c(CN)c(C)nc2n1. The van der Waals surface area contributed by atoms with Crippen LogP contribution in [0, 0.1) is 20.8 Å². The highest BCUT2D eigenvalue weighted by Gasteiger charge is 2.16. The number of aromatic nitrogens is 3. The van der Waals surface area contributed by atoms with Crippen LogP contribution in [0.25, 0.3) is 23.1 Å². The molecule has 0 spiro atoms. The first kappa shape index (κ1) is 14.5. The lowest BCUT2D eigenvalue weighted by Crippen LogP contribution is -2.09. The van der Waals surface area contributed by atoms with E-state index in [4.69, 9.17) is 5.73 Å². The summed E-state index contributed by atoms with van der Waals surface area (Å²) in [5.41, 5.74) is 13.5. The molecular formula is C18H20N4. The molecule has 0 aliphatic heterocycles. The van der Waals surface area contributed by atoms with Crippen molar-refractivity contribution in [3.05, 3.63) is 59.1 Å². The van der Waals surface area contributed by atoms with Gasteiger partial charge in [0, 0.05) is 29.6 Å². The Balaban J connectivity index is 2.43. The summed E-state index contributed by atoms with van der Waals surface area (Å²) in [4.78, 5) is 9.07. The summed E-state index contributed by atoms with van der Waals surface area (Å²) in [5, 5.41) is 0. The number of aryl methyl sites for hydroxylation is 3.